The van der Waals surface area contributed by atoms with Crippen molar-refractivity contribution in [1.29, 1.82) is 0 Å². The predicted octanol–water partition coefficient (Wildman–Crippen LogP) is 2.93. The molecule has 0 saturated carbocycles. The van der Waals surface area contributed by atoms with Gasteiger partial charge in [0.05, 0.1) is 16.6 Å². The first kappa shape index (κ1) is 21.2. The van der Waals surface area contributed by atoms with Crippen molar-refractivity contribution in [2.45, 2.75) is 40.0 Å². The van der Waals surface area contributed by atoms with E-state index >= 15 is 0 Å². The zero-order valence-corrected chi connectivity index (χ0v) is 17.6. The highest BCUT2D eigenvalue weighted by Gasteiger charge is 2.23. The van der Waals surface area contributed by atoms with Gasteiger partial charge in [-0.3, -0.25) is 9.59 Å². The van der Waals surface area contributed by atoms with E-state index in [4.69, 9.17) is 4.74 Å². The van der Waals surface area contributed by atoms with Crippen LogP contribution in [0.4, 0.5) is 0 Å². The van der Waals surface area contributed by atoms with Gasteiger partial charge in [0.2, 0.25) is 0 Å². The first-order chi connectivity index (χ1) is 14.3. The number of hydrogen-bond donors (Lipinski definition) is 0. The van der Waals surface area contributed by atoms with E-state index in [-0.39, 0.29) is 17.0 Å². The number of hydrogen-bond acceptors (Lipinski definition) is 5. The van der Waals surface area contributed by atoms with E-state index in [0.717, 1.165) is 5.56 Å². The van der Waals surface area contributed by atoms with Crippen molar-refractivity contribution in [3.63, 3.8) is 0 Å². The zero-order chi connectivity index (χ0) is 21.8. The van der Waals surface area contributed by atoms with Crippen molar-refractivity contribution in [1.82, 2.24) is 14.5 Å². The molecule has 7 nitrogen and oxygen atoms in total. The van der Waals surface area contributed by atoms with Gasteiger partial charge in [-0.2, -0.15) is 0 Å². The third-order valence-corrected chi connectivity index (χ3v) is 4.93. The van der Waals surface area contributed by atoms with Crippen LogP contribution in [-0.2, 0) is 22.6 Å². The Balaban J connectivity index is 1.74. The number of fused-ring (bicyclic) bond motifs is 1. The molecule has 0 fully saturated rings. The molecule has 7 heteroatoms. The van der Waals surface area contributed by atoms with Crippen LogP contribution in [0.15, 0.2) is 53.3 Å². The average molecular weight is 407 g/mol. The third kappa shape index (κ3) is 4.40. The summed E-state index contributed by atoms with van der Waals surface area (Å²) in [5, 5.41) is 0. The van der Waals surface area contributed by atoms with Crippen molar-refractivity contribution in [3.05, 3.63) is 75.7 Å². The van der Waals surface area contributed by atoms with Gasteiger partial charge in [0.25, 0.3) is 11.5 Å². The summed E-state index contributed by atoms with van der Waals surface area (Å²) >= 11 is 0. The van der Waals surface area contributed by atoms with Crippen LogP contribution in [0.25, 0.3) is 11.0 Å². The first-order valence-corrected chi connectivity index (χ1v) is 9.83. The number of ether oxygens (including phenoxy) is 1. The van der Waals surface area contributed by atoms with Crippen LogP contribution in [0.2, 0.25) is 0 Å². The molecular formula is C23H25N3O4. The Morgan fingerprint density at radius 1 is 1.17 bits per heavy atom. The van der Waals surface area contributed by atoms with E-state index in [9.17, 15) is 14.4 Å². The topological polar surface area (TPSA) is 81.5 Å². The number of aryl methyl sites for hydroxylation is 2. The lowest BCUT2D eigenvalue weighted by molar-refractivity contribution is -0.139. The largest absolute Gasteiger partial charge is 0.449 e. The Labute approximate surface area is 174 Å². The maximum Gasteiger partial charge on any atom is 0.338 e. The maximum atomic E-state index is 12.6. The van der Waals surface area contributed by atoms with E-state index in [0.29, 0.717) is 29.8 Å². The molecule has 3 aromatic rings. The monoisotopic (exact) mass is 407 g/mol. The molecule has 0 N–H and O–H groups in total. The van der Waals surface area contributed by atoms with Crippen LogP contribution in [0.1, 0.15) is 35.5 Å². The summed E-state index contributed by atoms with van der Waals surface area (Å²) in [6, 6.07) is 14.4. The summed E-state index contributed by atoms with van der Waals surface area (Å²) in [5.41, 5.74) is 2.66. The van der Waals surface area contributed by atoms with Crippen LogP contribution in [0, 0.1) is 6.92 Å². The third-order valence-electron chi connectivity index (χ3n) is 4.93. The molecule has 0 radical (unpaired) electrons. The smallest absolute Gasteiger partial charge is 0.338 e. The molecule has 0 saturated heterocycles. The van der Waals surface area contributed by atoms with Crippen LogP contribution in [-0.4, -0.2) is 39.5 Å². The molecule has 3 rings (SSSR count). The summed E-state index contributed by atoms with van der Waals surface area (Å²) in [6.07, 6.45) is -0.929. The number of carbonyl (C=O) groups is 2. The fraction of sp³-hybridized carbons (Fsp3) is 0.304. The van der Waals surface area contributed by atoms with Gasteiger partial charge < -0.3 is 14.2 Å². The molecule has 0 bridgehead atoms. The molecule has 0 aliphatic carbocycles. The van der Waals surface area contributed by atoms with E-state index in [1.54, 1.807) is 43.7 Å². The number of amides is 1. The molecule has 2 aromatic carbocycles. The number of likely N-dealkylation sites (N-methyl/N-ethyl adjacent to an activating group) is 1. The van der Waals surface area contributed by atoms with E-state index in [2.05, 4.69) is 4.98 Å². The number of aromatic nitrogens is 2. The lowest BCUT2D eigenvalue weighted by atomic mass is 10.2. The molecule has 1 amide bonds. The molecule has 1 atom stereocenters. The minimum absolute atomic E-state index is 0.152. The Morgan fingerprint density at radius 2 is 1.87 bits per heavy atom. The summed E-state index contributed by atoms with van der Waals surface area (Å²) in [6.45, 7) is 6.00. The number of benzene rings is 2. The summed E-state index contributed by atoms with van der Waals surface area (Å²) < 4.78 is 7.00. The van der Waals surface area contributed by atoms with E-state index in [1.807, 2.05) is 37.3 Å². The van der Waals surface area contributed by atoms with Crippen molar-refractivity contribution in [2.24, 2.45) is 0 Å². The summed E-state index contributed by atoms with van der Waals surface area (Å²) in [4.78, 5) is 43.2. The fourth-order valence-corrected chi connectivity index (χ4v) is 3.34. The first-order valence-electron chi connectivity index (χ1n) is 9.83. The second kappa shape index (κ2) is 8.90. The number of rotatable bonds is 6. The lowest BCUT2D eigenvalue weighted by Crippen LogP contribution is -2.37. The van der Waals surface area contributed by atoms with Gasteiger partial charge in [0, 0.05) is 20.1 Å². The molecule has 156 valence electrons. The van der Waals surface area contributed by atoms with Gasteiger partial charge in [-0.15, -0.1) is 0 Å². The van der Waals surface area contributed by atoms with Crippen molar-refractivity contribution >= 4 is 22.9 Å². The second-order valence-corrected chi connectivity index (χ2v) is 7.18. The molecule has 1 heterocycles. The fourth-order valence-electron chi connectivity index (χ4n) is 3.34. The van der Waals surface area contributed by atoms with Crippen LogP contribution < -0.4 is 5.56 Å². The van der Waals surface area contributed by atoms with Crippen molar-refractivity contribution in [3.8, 4) is 0 Å². The normalized spacial score (nSPS) is 11.9. The minimum atomic E-state index is -0.929. The lowest BCUT2D eigenvalue weighted by Gasteiger charge is -2.21. The van der Waals surface area contributed by atoms with E-state index < -0.39 is 12.1 Å². The maximum absolute atomic E-state index is 12.6. The van der Waals surface area contributed by atoms with Crippen LogP contribution >= 0.6 is 0 Å². The highest BCUT2D eigenvalue weighted by molar-refractivity contribution is 5.95. The minimum Gasteiger partial charge on any atom is -0.449 e. The van der Waals surface area contributed by atoms with Crippen molar-refractivity contribution in [2.75, 3.05) is 7.05 Å². The number of nitrogens with zero attached hydrogens (tertiary/aromatic N) is 3. The van der Waals surface area contributed by atoms with Gasteiger partial charge >= 0.3 is 5.97 Å². The molecule has 0 aliphatic heterocycles. The summed E-state index contributed by atoms with van der Waals surface area (Å²) in [5.74, 6) is -0.902. The summed E-state index contributed by atoms with van der Waals surface area (Å²) in [7, 11) is 1.67. The molecule has 0 aliphatic rings. The Hall–Kier alpha value is -3.48. The quantitative estimate of drug-likeness (QED) is 0.587. The van der Waals surface area contributed by atoms with Crippen LogP contribution in [0.3, 0.4) is 0 Å². The Morgan fingerprint density at radius 3 is 2.53 bits per heavy atom. The van der Waals surface area contributed by atoms with Gasteiger partial charge in [-0.1, -0.05) is 30.3 Å². The molecule has 0 unspecified atom stereocenters. The SMILES string of the molecule is CCn1c(=O)c(C)nc2cc(C(=O)O[C@@H](C)C(=O)N(C)Cc3ccccc3)ccc21. The Kier molecular flexibility index (Phi) is 6.30. The second-order valence-electron chi connectivity index (χ2n) is 7.18. The van der Waals surface area contributed by atoms with Gasteiger partial charge in [-0.05, 0) is 44.5 Å². The Bertz CT molecular complexity index is 1140. The van der Waals surface area contributed by atoms with Gasteiger partial charge in [-0.25, -0.2) is 9.78 Å². The molecule has 30 heavy (non-hydrogen) atoms. The number of esters is 1. The number of carbonyl (C=O) groups excluding carboxylic acids is 2. The zero-order valence-electron chi connectivity index (χ0n) is 17.6. The highest BCUT2D eigenvalue weighted by atomic mass is 16.5. The van der Waals surface area contributed by atoms with Gasteiger partial charge in [0.1, 0.15) is 5.69 Å². The molecule has 1 aromatic heterocycles. The van der Waals surface area contributed by atoms with Gasteiger partial charge in [0.15, 0.2) is 6.10 Å². The highest BCUT2D eigenvalue weighted by Crippen LogP contribution is 2.15. The predicted molar refractivity (Wildman–Crippen MR) is 114 cm³/mol. The van der Waals surface area contributed by atoms with Crippen molar-refractivity contribution < 1.29 is 14.3 Å². The average Bonchev–Trinajstić information content (AvgIpc) is 2.74. The van der Waals surface area contributed by atoms with Crippen LogP contribution in [0.5, 0.6) is 0 Å². The molecule has 0 spiro atoms. The standard InChI is InChI=1S/C23H25N3O4/c1-5-26-20-12-11-18(13-19(20)24-15(2)21(26)27)23(29)30-16(3)22(28)25(4)14-17-9-7-6-8-10-17/h6-13,16H,5,14H2,1-4H3/t16-/m0/s1. The molecular weight excluding hydrogens is 382 g/mol. The van der Waals surface area contributed by atoms with E-state index in [1.165, 1.54) is 4.90 Å².